The highest BCUT2D eigenvalue weighted by atomic mass is 16.6. The Bertz CT molecular complexity index is 853. The first-order valence-corrected chi connectivity index (χ1v) is 19.8. The molecule has 0 fully saturated rings. The van der Waals surface area contributed by atoms with E-state index in [2.05, 4.69) is 74.6 Å². The number of allylic oxidation sites excluding steroid dienone is 10. The van der Waals surface area contributed by atoms with E-state index in [1.807, 2.05) is 0 Å². The van der Waals surface area contributed by atoms with Crippen LogP contribution >= 0.6 is 0 Å². The molecule has 276 valence electrons. The molecule has 0 saturated heterocycles. The molecule has 0 unspecified atom stereocenters. The third kappa shape index (κ3) is 36.4. The summed E-state index contributed by atoms with van der Waals surface area (Å²) < 4.78 is 10.6. The Kier molecular flexibility index (Phi) is 37.1. The van der Waals surface area contributed by atoms with E-state index in [1.165, 1.54) is 77.0 Å². The number of carbonyl (C=O) groups is 2. The maximum atomic E-state index is 12.2. The van der Waals surface area contributed by atoms with E-state index in [0.29, 0.717) is 12.8 Å². The van der Waals surface area contributed by atoms with Crippen LogP contribution in [-0.4, -0.2) is 36.4 Å². The zero-order chi connectivity index (χ0) is 35.0. The molecule has 0 bridgehead atoms. The molecular weight excluding hydrogens is 596 g/mol. The average molecular weight is 671 g/mol. The molecule has 0 amide bonds. The second kappa shape index (κ2) is 39.0. The Morgan fingerprint density at radius 2 is 0.896 bits per heavy atom. The third-order valence-electron chi connectivity index (χ3n) is 8.30. The Morgan fingerprint density at radius 3 is 1.38 bits per heavy atom. The molecular formula is C43H74O5. The van der Waals surface area contributed by atoms with Crippen LogP contribution in [0.4, 0.5) is 0 Å². The lowest BCUT2D eigenvalue weighted by molar-refractivity contribution is -0.161. The van der Waals surface area contributed by atoms with Crippen molar-refractivity contribution in [1.29, 1.82) is 0 Å². The largest absolute Gasteiger partial charge is 0.462 e. The van der Waals surface area contributed by atoms with Crippen LogP contribution in [0.15, 0.2) is 60.8 Å². The van der Waals surface area contributed by atoms with Crippen molar-refractivity contribution in [2.75, 3.05) is 13.2 Å². The van der Waals surface area contributed by atoms with E-state index in [4.69, 9.17) is 9.47 Å². The highest BCUT2D eigenvalue weighted by molar-refractivity contribution is 5.70. The van der Waals surface area contributed by atoms with Crippen LogP contribution in [-0.2, 0) is 19.1 Å². The molecule has 0 aliphatic heterocycles. The summed E-state index contributed by atoms with van der Waals surface area (Å²) >= 11 is 0. The standard InChI is InChI=1S/C43H74O5/c1-3-5-7-9-11-13-15-17-19-21-23-25-27-29-31-33-35-37-42(45)47-40-41(39-44)48-43(46)38-36-34-32-30-28-26-24-22-20-18-16-14-12-10-8-6-4-2/h5,7,11,13,17-20,23,25,41,44H,3-4,6,8-10,12,14-16,21-22,24,26-40H2,1-2H3/t41-/m0/s1. The number of aliphatic hydroxyl groups is 1. The first-order chi connectivity index (χ1) is 23.6. The first-order valence-electron chi connectivity index (χ1n) is 19.8. The SMILES string of the molecule is CCC=CCC=CCC=CCC=CCCCCCCC(=O)OC[C@H](CO)OC(=O)CCCCCCCCCC=CCCCCCCCC. The number of unbranched alkanes of at least 4 members (excludes halogenated alkanes) is 17. The topological polar surface area (TPSA) is 72.8 Å². The normalized spacial score (nSPS) is 12.8. The molecule has 0 heterocycles. The minimum atomic E-state index is -0.785. The van der Waals surface area contributed by atoms with Gasteiger partial charge in [-0.1, -0.05) is 152 Å². The third-order valence-corrected chi connectivity index (χ3v) is 8.30. The predicted molar refractivity (Wildman–Crippen MR) is 205 cm³/mol. The average Bonchev–Trinajstić information content (AvgIpc) is 3.09. The fourth-order valence-corrected chi connectivity index (χ4v) is 5.30. The van der Waals surface area contributed by atoms with Gasteiger partial charge in [0.1, 0.15) is 6.61 Å². The Morgan fingerprint density at radius 1 is 0.500 bits per heavy atom. The number of ether oxygens (including phenoxy) is 2. The Balaban J connectivity index is 3.62. The van der Waals surface area contributed by atoms with Gasteiger partial charge in [0.05, 0.1) is 6.61 Å². The van der Waals surface area contributed by atoms with E-state index in [9.17, 15) is 14.7 Å². The van der Waals surface area contributed by atoms with E-state index in [0.717, 1.165) is 77.0 Å². The van der Waals surface area contributed by atoms with E-state index in [1.54, 1.807) is 0 Å². The summed E-state index contributed by atoms with van der Waals surface area (Å²) in [5.41, 5.74) is 0. The van der Waals surface area contributed by atoms with E-state index in [-0.39, 0.29) is 25.2 Å². The van der Waals surface area contributed by atoms with Gasteiger partial charge in [0, 0.05) is 12.8 Å². The van der Waals surface area contributed by atoms with Crippen molar-refractivity contribution in [1.82, 2.24) is 0 Å². The molecule has 1 atom stereocenters. The van der Waals surface area contributed by atoms with Crippen LogP contribution in [0.1, 0.15) is 181 Å². The molecule has 0 aliphatic carbocycles. The second-order valence-corrected chi connectivity index (χ2v) is 13.0. The molecule has 0 aromatic carbocycles. The van der Waals surface area contributed by atoms with Crippen LogP contribution in [0.2, 0.25) is 0 Å². The smallest absolute Gasteiger partial charge is 0.306 e. The van der Waals surface area contributed by atoms with Crippen molar-refractivity contribution in [2.45, 2.75) is 187 Å². The predicted octanol–water partition coefficient (Wildman–Crippen LogP) is 12.4. The summed E-state index contributed by atoms with van der Waals surface area (Å²) in [7, 11) is 0. The molecule has 0 aromatic rings. The van der Waals surface area contributed by atoms with Crippen molar-refractivity contribution in [3.05, 3.63) is 60.8 Å². The summed E-state index contributed by atoms with van der Waals surface area (Å²) in [5.74, 6) is -0.626. The van der Waals surface area contributed by atoms with Crippen molar-refractivity contribution >= 4 is 11.9 Å². The van der Waals surface area contributed by atoms with Gasteiger partial charge in [0.25, 0.3) is 0 Å². The van der Waals surface area contributed by atoms with E-state index < -0.39 is 6.10 Å². The van der Waals surface area contributed by atoms with Crippen LogP contribution in [0, 0.1) is 0 Å². The summed E-state index contributed by atoms with van der Waals surface area (Å²) in [6.07, 6.45) is 49.9. The maximum Gasteiger partial charge on any atom is 0.306 e. The number of esters is 2. The molecule has 5 heteroatoms. The van der Waals surface area contributed by atoms with Gasteiger partial charge in [-0.05, 0) is 77.0 Å². The monoisotopic (exact) mass is 671 g/mol. The number of carbonyl (C=O) groups excluding carboxylic acids is 2. The quantitative estimate of drug-likeness (QED) is 0.0413. The van der Waals surface area contributed by atoms with Crippen molar-refractivity contribution in [3.63, 3.8) is 0 Å². The van der Waals surface area contributed by atoms with Gasteiger partial charge in [-0.25, -0.2) is 0 Å². The fraction of sp³-hybridized carbons (Fsp3) is 0.721. The van der Waals surface area contributed by atoms with Gasteiger partial charge in [-0.3, -0.25) is 9.59 Å². The summed E-state index contributed by atoms with van der Waals surface area (Å²) in [4.78, 5) is 24.3. The summed E-state index contributed by atoms with van der Waals surface area (Å²) in [5, 5.41) is 9.55. The zero-order valence-corrected chi connectivity index (χ0v) is 31.2. The van der Waals surface area contributed by atoms with Crippen LogP contribution in [0.3, 0.4) is 0 Å². The van der Waals surface area contributed by atoms with Gasteiger partial charge in [0.15, 0.2) is 6.10 Å². The molecule has 1 N–H and O–H groups in total. The minimum absolute atomic E-state index is 0.0822. The minimum Gasteiger partial charge on any atom is -0.462 e. The van der Waals surface area contributed by atoms with Gasteiger partial charge >= 0.3 is 11.9 Å². The molecule has 0 radical (unpaired) electrons. The Hall–Kier alpha value is -2.40. The maximum absolute atomic E-state index is 12.2. The number of aliphatic hydroxyl groups excluding tert-OH is 1. The molecule has 0 spiro atoms. The Labute approximate surface area is 296 Å². The zero-order valence-electron chi connectivity index (χ0n) is 31.2. The van der Waals surface area contributed by atoms with Crippen LogP contribution in [0.5, 0.6) is 0 Å². The van der Waals surface area contributed by atoms with Gasteiger partial charge in [0.2, 0.25) is 0 Å². The second-order valence-electron chi connectivity index (χ2n) is 13.0. The van der Waals surface area contributed by atoms with Crippen molar-refractivity contribution < 1.29 is 24.2 Å². The molecule has 0 rings (SSSR count). The lowest BCUT2D eigenvalue weighted by atomic mass is 10.1. The summed E-state index contributed by atoms with van der Waals surface area (Å²) in [6, 6.07) is 0. The highest BCUT2D eigenvalue weighted by Crippen LogP contribution is 2.12. The molecule has 0 saturated carbocycles. The molecule has 0 aromatic heterocycles. The fourth-order valence-electron chi connectivity index (χ4n) is 5.30. The van der Waals surface area contributed by atoms with Gasteiger partial charge < -0.3 is 14.6 Å². The van der Waals surface area contributed by atoms with E-state index >= 15 is 0 Å². The lowest BCUT2D eigenvalue weighted by Gasteiger charge is -2.15. The van der Waals surface area contributed by atoms with Gasteiger partial charge in [-0.2, -0.15) is 0 Å². The summed E-state index contributed by atoms with van der Waals surface area (Å²) in [6.45, 7) is 3.99. The number of hydrogen-bond donors (Lipinski definition) is 1. The highest BCUT2D eigenvalue weighted by Gasteiger charge is 2.16. The molecule has 0 aliphatic rings. The molecule has 48 heavy (non-hydrogen) atoms. The first kappa shape index (κ1) is 45.6. The van der Waals surface area contributed by atoms with Crippen molar-refractivity contribution in [2.24, 2.45) is 0 Å². The van der Waals surface area contributed by atoms with Crippen LogP contribution in [0.25, 0.3) is 0 Å². The number of hydrogen-bond acceptors (Lipinski definition) is 5. The number of rotatable bonds is 35. The molecule has 5 nitrogen and oxygen atoms in total. The lowest BCUT2D eigenvalue weighted by Crippen LogP contribution is -2.28. The van der Waals surface area contributed by atoms with Crippen molar-refractivity contribution in [3.8, 4) is 0 Å². The van der Waals surface area contributed by atoms with Crippen LogP contribution < -0.4 is 0 Å². The van der Waals surface area contributed by atoms with Gasteiger partial charge in [-0.15, -0.1) is 0 Å².